The van der Waals surface area contributed by atoms with E-state index in [2.05, 4.69) is 18.4 Å². The Hall–Kier alpha value is -0.670. The van der Waals surface area contributed by atoms with E-state index in [0.717, 1.165) is 5.57 Å². The minimum Gasteiger partial charge on any atom is -0.119 e. The summed E-state index contributed by atoms with van der Waals surface area (Å²) in [6.07, 6.45) is 3.57. The summed E-state index contributed by atoms with van der Waals surface area (Å²) in [7, 11) is 0. The molecule has 0 aromatic rings. The molecule has 0 fully saturated rings. The first-order valence-electron chi connectivity index (χ1n) is 3.10. The van der Waals surface area contributed by atoms with Crippen LogP contribution in [-0.4, -0.2) is 5.38 Å². The van der Waals surface area contributed by atoms with Gasteiger partial charge in [0.05, 0.1) is 0 Å². The molecule has 1 unspecified atom stereocenters. The molecule has 1 heteroatoms. The van der Waals surface area contributed by atoms with Gasteiger partial charge in [-0.3, -0.25) is 0 Å². The SMILES string of the molecule is C=C(C)C#C/C=C/C(C)Cl. The molecular weight excluding hydrogens is 144 g/mol. The van der Waals surface area contributed by atoms with Crippen LogP contribution in [0.1, 0.15) is 13.8 Å². The molecule has 0 saturated heterocycles. The Bertz CT molecular complexity index is 189. The van der Waals surface area contributed by atoms with Crippen molar-refractivity contribution in [2.24, 2.45) is 0 Å². The predicted octanol–water partition coefficient (Wildman–Crippen LogP) is 2.75. The lowest BCUT2D eigenvalue weighted by Crippen LogP contribution is -1.78. The van der Waals surface area contributed by atoms with Gasteiger partial charge in [0.2, 0.25) is 0 Å². The van der Waals surface area contributed by atoms with E-state index in [1.54, 1.807) is 6.08 Å². The van der Waals surface area contributed by atoms with Crippen LogP contribution in [0, 0.1) is 11.8 Å². The molecule has 0 saturated carbocycles. The van der Waals surface area contributed by atoms with Crippen molar-refractivity contribution in [2.45, 2.75) is 19.2 Å². The summed E-state index contributed by atoms with van der Waals surface area (Å²) in [5.74, 6) is 5.61. The third-order valence-electron chi connectivity index (χ3n) is 0.730. The third kappa shape index (κ3) is 7.33. The van der Waals surface area contributed by atoms with Gasteiger partial charge in [-0.1, -0.05) is 24.5 Å². The molecule has 0 aromatic heterocycles. The van der Waals surface area contributed by atoms with Gasteiger partial charge in [-0.05, 0) is 25.5 Å². The molecule has 0 bridgehead atoms. The summed E-state index contributed by atoms with van der Waals surface area (Å²) in [6, 6.07) is 0. The van der Waals surface area contributed by atoms with Crippen LogP contribution in [0.3, 0.4) is 0 Å². The Morgan fingerprint density at radius 1 is 1.70 bits per heavy atom. The highest BCUT2D eigenvalue weighted by Gasteiger charge is 1.81. The summed E-state index contributed by atoms with van der Waals surface area (Å²) in [4.78, 5) is 0. The highest BCUT2D eigenvalue weighted by Crippen LogP contribution is 1.93. The van der Waals surface area contributed by atoms with Crippen LogP contribution in [0.25, 0.3) is 0 Å². The van der Waals surface area contributed by atoms with E-state index in [4.69, 9.17) is 11.6 Å². The predicted molar refractivity (Wildman–Crippen MR) is 47.0 cm³/mol. The first-order chi connectivity index (χ1) is 4.63. The van der Waals surface area contributed by atoms with E-state index >= 15 is 0 Å². The molecule has 0 aliphatic rings. The quantitative estimate of drug-likeness (QED) is 0.403. The van der Waals surface area contributed by atoms with Gasteiger partial charge < -0.3 is 0 Å². The number of allylic oxidation sites excluding steroid dienone is 3. The zero-order valence-corrected chi connectivity index (χ0v) is 7.07. The first-order valence-corrected chi connectivity index (χ1v) is 3.54. The maximum absolute atomic E-state index is 5.62. The van der Waals surface area contributed by atoms with Crippen LogP contribution in [0.15, 0.2) is 24.3 Å². The summed E-state index contributed by atoms with van der Waals surface area (Å²) < 4.78 is 0. The topological polar surface area (TPSA) is 0 Å². The minimum absolute atomic E-state index is 0.0550. The third-order valence-corrected chi connectivity index (χ3v) is 0.876. The van der Waals surface area contributed by atoms with E-state index in [1.807, 2.05) is 19.9 Å². The Balaban J connectivity index is 3.76. The van der Waals surface area contributed by atoms with E-state index in [0.29, 0.717) is 0 Å². The number of halogens is 1. The van der Waals surface area contributed by atoms with Crippen molar-refractivity contribution in [2.75, 3.05) is 0 Å². The second-order valence-electron chi connectivity index (χ2n) is 2.09. The molecule has 0 radical (unpaired) electrons. The molecule has 0 aromatic carbocycles. The number of alkyl halides is 1. The van der Waals surface area contributed by atoms with Crippen LogP contribution >= 0.6 is 11.6 Å². The van der Waals surface area contributed by atoms with Gasteiger partial charge in [-0.25, -0.2) is 0 Å². The molecule has 1 atom stereocenters. The van der Waals surface area contributed by atoms with Crippen molar-refractivity contribution in [1.29, 1.82) is 0 Å². The van der Waals surface area contributed by atoms with Crippen LogP contribution < -0.4 is 0 Å². The van der Waals surface area contributed by atoms with Crippen LogP contribution in [-0.2, 0) is 0 Å². The van der Waals surface area contributed by atoms with Crippen LogP contribution in [0.2, 0.25) is 0 Å². The van der Waals surface area contributed by atoms with Crippen molar-refractivity contribution in [3.05, 3.63) is 24.3 Å². The van der Waals surface area contributed by atoms with Gasteiger partial charge in [0.1, 0.15) is 0 Å². The van der Waals surface area contributed by atoms with Crippen molar-refractivity contribution in [3.8, 4) is 11.8 Å². The Morgan fingerprint density at radius 2 is 2.30 bits per heavy atom. The highest BCUT2D eigenvalue weighted by atomic mass is 35.5. The molecule has 54 valence electrons. The van der Waals surface area contributed by atoms with Gasteiger partial charge in [0.25, 0.3) is 0 Å². The molecule has 0 amide bonds. The lowest BCUT2D eigenvalue weighted by molar-refractivity contribution is 1.23. The zero-order chi connectivity index (χ0) is 7.98. The fourth-order valence-electron chi connectivity index (χ4n) is 0.346. The lowest BCUT2D eigenvalue weighted by Gasteiger charge is -1.84. The van der Waals surface area contributed by atoms with Gasteiger partial charge in [-0.2, -0.15) is 0 Å². The van der Waals surface area contributed by atoms with Gasteiger partial charge in [0.15, 0.2) is 0 Å². The summed E-state index contributed by atoms with van der Waals surface area (Å²) in [5.41, 5.74) is 0.867. The smallest absolute Gasteiger partial charge is 0.0496 e. The molecule has 0 spiro atoms. The van der Waals surface area contributed by atoms with Crippen LogP contribution in [0.4, 0.5) is 0 Å². The second kappa shape index (κ2) is 5.14. The van der Waals surface area contributed by atoms with Crippen molar-refractivity contribution < 1.29 is 0 Å². The molecule has 0 rings (SSSR count). The number of hydrogen-bond donors (Lipinski definition) is 0. The minimum atomic E-state index is 0.0550. The average Bonchev–Trinajstić information content (AvgIpc) is 1.79. The lowest BCUT2D eigenvalue weighted by atomic mass is 10.3. The van der Waals surface area contributed by atoms with E-state index < -0.39 is 0 Å². The fourth-order valence-corrected chi connectivity index (χ4v) is 0.418. The molecular formula is C9H11Cl. The maximum Gasteiger partial charge on any atom is 0.0496 e. The van der Waals surface area contributed by atoms with Crippen molar-refractivity contribution in [3.63, 3.8) is 0 Å². The summed E-state index contributed by atoms with van der Waals surface area (Å²) in [5, 5.41) is 0.0550. The Kier molecular flexibility index (Phi) is 4.80. The Morgan fingerprint density at radius 3 is 2.70 bits per heavy atom. The normalized spacial score (nSPS) is 12.3. The van der Waals surface area contributed by atoms with Crippen LogP contribution in [0.5, 0.6) is 0 Å². The average molecular weight is 155 g/mol. The Labute approximate surface area is 67.6 Å². The van der Waals surface area contributed by atoms with Gasteiger partial charge >= 0.3 is 0 Å². The maximum atomic E-state index is 5.62. The fraction of sp³-hybridized carbons (Fsp3) is 0.333. The summed E-state index contributed by atoms with van der Waals surface area (Å²) in [6.45, 7) is 7.39. The summed E-state index contributed by atoms with van der Waals surface area (Å²) >= 11 is 5.62. The largest absolute Gasteiger partial charge is 0.119 e. The van der Waals surface area contributed by atoms with Gasteiger partial charge in [0, 0.05) is 5.38 Å². The van der Waals surface area contributed by atoms with Gasteiger partial charge in [-0.15, -0.1) is 11.6 Å². The highest BCUT2D eigenvalue weighted by molar-refractivity contribution is 6.21. The van der Waals surface area contributed by atoms with Crippen molar-refractivity contribution >= 4 is 11.6 Å². The molecule has 0 heterocycles. The monoisotopic (exact) mass is 154 g/mol. The molecule has 10 heavy (non-hydrogen) atoms. The van der Waals surface area contributed by atoms with E-state index in [1.165, 1.54) is 0 Å². The molecule has 0 aliphatic carbocycles. The molecule has 0 aliphatic heterocycles. The second-order valence-corrected chi connectivity index (χ2v) is 2.77. The first kappa shape index (κ1) is 9.33. The van der Waals surface area contributed by atoms with E-state index in [-0.39, 0.29) is 5.38 Å². The number of rotatable bonds is 1. The van der Waals surface area contributed by atoms with E-state index in [9.17, 15) is 0 Å². The standard InChI is InChI=1S/C9H11Cl/c1-8(2)6-4-5-7-9(3)10/h5,7,9H,1H2,2-3H3/b7-5+. The number of hydrogen-bond acceptors (Lipinski definition) is 0. The molecule has 0 N–H and O–H groups in total. The molecule has 0 nitrogen and oxygen atoms in total. The van der Waals surface area contributed by atoms with Crippen molar-refractivity contribution in [1.82, 2.24) is 0 Å². The zero-order valence-electron chi connectivity index (χ0n) is 6.32.